The van der Waals surface area contributed by atoms with Crippen LogP contribution in [0, 0.1) is 0 Å². The highest BCUT2D eigenvalue weighted by molar-refractivity contribution is 5.69. The SMILES string of the molecule is CCOc1ccccc1OCc1ncc(CC(=O)O)c(=O)[nH]1. The normalized spacial score (nSPS) is 10.2. The molecule has 0 aliphatic heterocycles. The topological polar surface area (TPSA) is 102 Å². The Kier molecular flexibility index (Phi) is 5.13. The largest absolute Gasteiger partial charge is 0.490 e. The van der Waals surface area contributed by atoms with Gasteiger partial charge in [-0.1, -0.05) is 12.1 Å². The number of benzene rings is 1. The van der Waals surface area contributed by atoms with Crippen molar-refractivity contribution in [1.82, 2.24) is 9.97 Å². The predicted octanol–water partition coefficient (Wildman–Crippen LogP) is 1.37. The number of aliphatic carboxylic acids is 1. The average molecular weight is 304 g/mol. The van der Waals surface area contributed by atoms with Crippen LogP contribution in [0.1, 0.15) is 18.3 Å². The Morgan fingerprint density at radius 1 is 1.27 bits per heavy atom. The van der Waals surface area contributed by atoms with Crippen LogP contribution in [-0.4, -0.2) is 27.7 Å². The molecule has 22 heavy (non-hydrogen) atoms. The van der Waals surface area contributed by atoms with Crippen LogP contribution in [0.4, 0.5) is 0 Å². The molecule has 0 amide bonds. The van der Waals surface area contributed by atoms with Gasteiger partial charge in [-0.05, 0) is 19.1 Å². The highest BCUT2D eigenvalue weighted by Crippen LogP contribution is 2.26. The van der Waals surface area contributed by atoms with Crippen molar-refractivity contribution in [3.8, 4) is 11.5 Å². The smallest absolute Gasteiger partial charge is 0.308 e. The summed E-state index contributed by atoms with van der Waals surface area (Å²) in [6, 6.07) is 7.18. The van der Waals surface area contributed by atoms with Gasteiger partial charge in [-0.3, -0.25) is 9.59 Å². The van der Waals surface area contributed by atoms with Crippen molar-refractivity contribution in [1.29, 1.82) is 0 Å². The van der Waals surface area contributed by atoms with E-state index in [1.807, 2.05) is 19.1 Å². The maximum atomic E-state index is 11.7. The molecule has 0 atom stereocenters. The molecule has 0 aliphatic rings. The summed E-state index contributed by atoms with van der Waals surface area (Å²) in [5.74, 6) is 0.379. The Bertz CT molecular complexity index is 711. The third-order valence-electron chi connectivity index (χ3n) is 2.78. The zero-order chi connectivity index (χ0) is 15.9. The van der Waals surface area contributed by atoms with E-state index in [9.17, 15) is 9.59 Å². The second-order valence-electron chi connectivity index (χ2n) is 4.42. The standard InChI is InChI=1S/C15H16N2O5/c1-2-21-11-5-3-4-6-12(11)22-9-13-16-8-10(7-14(18)19)15(20)17-13/h3-6,8H,2,7,9H2,1H3,(H,18,19)(H,16,17,20). The van der Waals surface area contributed by atoms with Crippen molar-refractivity contribution >= 4 is 5.97 Å². The molecule has 0 saturated carbocycles. The highest BCUT2D eigenvalue weighted by atomic mass is 16.5. The maximum absolute atomic E-state index is 11.7. The fourth-order valence-corrected chi connectivity index (χ4v) is 1.81. The number of para-hydroxylation sites is 2. The van der Waals surface area contributed by atoms with E-state index in [1.54, 1.807) is 12.1 Å². The van der Waals surface area contributed by atoms with Gasteiger partial charge < -0.3 is 19.6 Å². The molecule has 2 N–H and O–H groups in total. The van der Waals surface area contributed by atoms with Gasteiger partial charge in [0.05, 0.1) is 13.0 Å². The van der Waals surface area contributed by atoms with Gasteiger partial charge in [0.1, 0.15) is 12.4 Å². The van der Waals surface area contributed by atoms with Crippen molar-refractivity contribution in [3.63, 3.8) is 0 Å². The molecule has 1 aromatic heterocycles. The van der Waals surface area contributed by atoms with Crippen molar-refractivity contribution in [2.75, 3.05) is 6.61 Å². The van der Waals surface area contributed by atoms with E-state index in [-0.39, 0.29) is 18.6 Å². The van der Waals surface area contributed by atoms with Gasteiger partial charge in [0.15, 0.2) is 11.5 Å². The lowest BCUT2D eigenvalue weighted by Gasteiger charge is -2.11. The van der Waals surface area contributed by atoms with Crippen LogP contribution in [0.15, 0.2) is 35.3 Å². The van der Waals surface area contributed by atoms with Crippen LogP contribution >= 0.6 is 0 Å². The molecule has 116 valence electrons. The van der Waals surface area contributed by atoms with E-state index in [0.29, 0.717) is 23.9 Å². The Labute approximate surface area is 126 Å². The molecule has 7 heteroatoms. The van der Waals surface area contributed by atoms with Gasteiger partial charge in [0, 0.05) is 11.8 Å². The number of nitrogens with zero attached hydrogens (tertiary/aromatic N) is 1. The molecule has 7 nitrogen and oxygen atoms in total. The number of rotatable bonds is 7. The summed E-state index contributed by atoms with van der Waals surface area (Å²) in [5.41, 5.74) is -0.375. The van der Waals surface area contributed by atoms with E-state index >= 15 is 0 Å². The number of H-pyrrole nitrogens is 1. The minimum absolute atomic E-state index is 0.0483. The number of carboxylic acid groups (broad SMARTS) is 1. The van der Waals surface area contributed by atoms with Gasteiger partial charge in [-0.25, -0.2) is 4.98 Å². The summed E-state index contributed by atoms with van der Waals surface area (Å²) >= 11 is 0. The van der Waals surface area contributed by atoms with E-state index in [1.165, 1.54) is 6.20 Å². The molecule has 0 spiro atoms. The molecule has 0 fully saturated rings. The van der Waals surface area contributed by atoms with E-state index < -0.39 is 11.5 Å². The van der Waals surface area contributed by atoms with Crippen molar-refractivity contribution < 1.29 is 19.4 Å². The summed E-state index contributed by atoms with van der Waals surface area (Å²) in [6.45, 7) is 2.43. The molecule has 1 heterocycles. The first-order valence-corrected chi connectivity index (χ1v) is 6.73. The monoisotopic (exact) mass is 304 g/mol. The number of hydrogen-bond acceptors (Lipinski definition) is 5. The number of nitrogens with one attached hydrogen (secondary N) is 1. The fraction of sp³-hybridized carbons (Fsp3) is 0.267. The second-order valence-corrected chi connectivity index (χ2v) is 4.42. The summed E-state index contributed by atoms with van der Waals surface area (Å²) in [7, 11) is 0. The first kappa shape index (κ1) is 15.6. The van der Waals surface area contributed by atoms with Gasteiger partial charge in [0.25, 0.3) is 5.56 Å². The Hall–Kier alpha value is -2.83. The average Bonchev–Trinajstić information content (AvgIpc) is 2.49. The van der Waals surface area contributed by atoms with Crippen LogP contribution < -0.4 is 15.0 Å². The summed E-state index contributed by atoms with van der Waals surface area (Å²) in [4.78, 5) is 28.8. The molecular formula is C15H16N2O5. The van der Waals surface area contributed by atoms with Gasteiger partial charge in [0.2, 0.25) is 0 Å². The summed E-state index contributed by atoms with van der Waals surface area (Å²) in [6.07, 6.45) is 0.886. The maximum Gasteiger partial charge on any atom is 0.308 e. The highest BCUT2D eigenvalue weighted by Gasteiger charge is 2.08. The van der Waals surface area contributed by atoms with Crippen LogP contribution in [0.5, 0.6) is 11.5 Å². The first-order valence-electron chi connectivity index (χ1n) is 6.73. The fourth-order valence-electron chi connectivity index (χ4n) is 1.81. The Balaban J connectivity index is 2.07. The first-order chi connectivity index (χ1) is 10.6. The number of carboxylic acids is 1. The third-order valence-corrected chi connectivity index (χ3v) is 2.78. The van der Waals surface area contributed by atoms with Crippen LogP contribution in [0.2, 0.25) is 0 Å². The van der Waals surface area contributed by atoms with Crippen LogP contribution in [0.3, 0.4) is 0 Å². The molecule has 1 aromatic carbocycles. The zero-order valence-electron chi connectivity index (χ0n) is 12.0. The third kappa shape index (κ3) is 4.08. The molecule has 0 bridgehead atoms. The van der Waals surface area contributed by atoms with E-state index in [2.05, 4.69) is 9.97 Å². The molecule has 2 aromatic rings. The molecule has 0 saturated heterocycles. The van der Waals surface area contributed by atoms with Crippen molar-refractivity contribution in [3.05, 3.63) is 52.2 Å². The van der Waals surface area contributed by atoms with Gasteiger partial charge >= 0.3 is 5.97 Å². The van der Waals surface area contributed by atoms with Crippen molar-refractivity contribution in [2.24, 2.45) is 0 Å². The molecule has 0 unspecified atom stereocenters. The lowest BCUT2D eigenvalue weighted by molar-refractivity contribution is -0.136. The Morgan fingerprint density at radius 2 is 1.95 bits per heavy atom. The van der Waals surface area contributed by atoms with E-state index in [0.717, 1.165) is 0 Å². The minimum Gasteiger partial charge on any atom is -0.490 e. The van der Waals surface area contributed by atoms with Gasteiger partial charge in [-0.2, -0.15) is 0 Å². The number of hydrogen-bond donors (Lipinski definition) is 2. The molecular weight excluding hydrogens is 288 g/mol. The zero-order valence-corrected chi connectivity index (χ0v) is 12.0. The molecule has 0 aliphatic carbocycles. The molecule has 0 radical (unpaired) electrons. The predicted molar refractivity (Wildman–Crippen MR) is 78.1 cm³/mol. The quantitative estimate of drug-likeness (QED) is 0.801. The lowest BCUT2D eigenvalue weighted by Crippen LogP contribution is -2.19. The second kappa shape index (κ2) is 7.26. The number of aromatic nitrogens is 2. The Morgan fingerprint density at radius 3 is 2.55 bits per heavy atom. The summed E-state index contributed by atoms with van der Waals surface area (Å²) < 4.78 is 11.0. The number of aromatic amines is 1. The number of ether oxygens (including phenoxy) is 2. The number of carbonyl (C=O) groups is 1. The van der Waals surface area contributed by atoms with Gasteiger partial charge in [-0.15, -0.1) is 0 Å². The summed E-state index contributed by atoms with van der Waals surface area (Å²) in [5, 5.41) is 8.67. The molecule has 2 rings (SSSR count). The minimum atomic E-state index is -1.08. The lowest BCUT2D eigenvalue weighted by atomic mass is 10.2. The van der Waals surface area contributed by atoms with Crippen LogP contribution in [-0.2, 0) is 17.8 Å². The van der Waals surface area contributed by atoms with Crippen LogP contribution in [0.25, 0.3) is 0 Å². The van der Waals surface area contributed by atoms with E-state index in [4.69, 9.17) is 14.6 Å². The van der Waals surface area contributed by atoms with Crippen molar-refractivity contribution in [2.45, 2.75) is 20.0 Å².